The molecule has 16 heavy (non-hydrogen) atoms. The van der Waals surface area contributed by atoms with Crippen molar-refractivity contribution in [1.29, 1.82) is 0 Å². The Morgan fingerprint density at radius 1 is 1.38 bits per heavy atom. The van der Waals surface area contributed by atoms with Crippen LogP contribution in [-0.2, 0) is 12.8 Å². The fourth-order valence-electron chi connectivity index (χ4n) is 2.03. The van der Waals surface area contributed by atoms with Crippen LogP contribution in [-0.4, -0.2) is 12.0 Å². The fourth-order valence-corrected chi connectivity index (χ4v) is 2.14. The molecular formula is C14H19ClO. The van der Waals surface area contributed by atoms with Gasteiger partial charge in [0.2, 0.25) is 0 Å². The molecule has 1 aliphatic heterocycles. The minimum atomic E-state index is 0.282. The Kier molecular flexibility index (Phi) is 3.75. The lowest BCUT2D eigenvalue weighted by atomic mass is 10.00. The van der Waals surface area contributed by atoms with Crippen LogP contribution >= 0.6 is 11.6 Å². The first-order valence-electron chi connectivity index (χ1n) is 6.05. The number of benzene rings is 1. The quantitative estimate of drug-likeness (QED) is 0.725. The summed E-state index contributed by atoms with van der Waals surface area (Å²) in [6, 6.07) is 6.52. The smallest absolute Gasteiger partial charge is 0.122 e. The van der Waals surface area contributed by atoms with Gasteiger partial charge in [0.05, 0.1) is 6.61 Å². The monoisotopic (exact) mass is 238 g/mol. The van der Waals surface area contributed by atoms with Crippen LogP contribution < -0.4 is 4.74 Å². The highest BCUT2D eigenvalue weighted by Crippen LogP contribution is 2.27. The predicted molar refractivity (Wildman–Crippen MR) is 68.4 cm³/mol. The molecule has 2 heteroatoms. The van der Waals surface area contributed by atoms with Gasteiger partial charge in [-0.3, -0.25) is 0 Å². The highest BCUT2D eigenvalue weighted by molar-refractivity contribution is 6.20. The number of halogens is 1. The van der Waals surface area contributed by atoms with E-state index in [1.165, 1.54) is 11.1 Å². The first kappa shape index (κ1) is 11.8. The molecule has 0 amide bonds. The second-order valence-corrected chi connectivity index (χ2v) is 5.40. The van der Waals surface area contributed by atoms with Gasteiger partial charge in [-0.05, 0) is 36.0 Å². The molecule has 1 unspecified atom stereocenters. The van der Waals surface area contributed by atoms with Crippen LogP contribution in [0.15, 0.2) is 18.2 Å². The molecule has 1 aromatic rings. The van der Waals surface area contributed by atoms with Crippen molar-refractivity contribution in [1.82, 2.24) is 0 Å². The average molecular weight is 239 g/mol. The van der Waals surface area contributed by atoms with Crippen molar-refractivity contribution >= 4 is 11.6 Å². The lowest BCUT2D eigenvalue weighted by Gasteiger charge is -2.13. The van der Waals surface area contributed by atoms with E-state index in [0.29, 0.717) is 5.92 Å². The van der Waals surface area contributed by atoms with E-state index in [9.17, 15) is 0 Å². The van der Waals surface area contributed by atoms with E-state index in [-0.39, 0.29) is 5.38 Å². The maximum Gasteiger partial charge on any atom is 0.122 e. The predicted octanol–water partition coefficient (Wildman–Crippen LogP) is 3.82. The van der Waals surface area contributed by atoms with Gasteiger partial charge in [-0.25, -0.2) is 0 Å². The second kappa shape index (κ2) is 5.09. The third kappa shape index (κ3) is 2.70. The van der Waals surface area contributed by atoms with E-state index in [4.69, 9.17) is 16.3 Å². The van der Waals surface area contributed by atoms with Gasteiger partial charge in [0.25, 0.3) is 0 Å². The van der Waals surface area contributed by atoms with Gasteiger partial charge in [-0.15, -0.1) is 11.6 Å². The molecule has 1 aliphatic rings. The number of rotatable bonds is 4. The van der Waals surface area contributed by atoms with E-state index >= 15 is 0 Å². The summed E-state index contributed by atoms with van der Waals surface area (Å²) in [4.78, 5) is 0. The summed E-state index contributed by atoms with van der Waals surface area (Å²) in [5, 5.41) is 0.282. The molecule has 1 aromatic carbocycles. The van der Waals surface area contributed by atoms with Gasteiger partial charge in [0.15, 0.2) is 0 Å². The van der Waals surface area contributed by atoms with Crippen LogP contribution in [0.25, 0.3) is 0 Å². The lowest BCUT2D eigenvalue weighted by molar-refractivity contribution is 0.357. The van der Waals surface area contributed by atoms with Gasteiger partial charge in [-0.1, -0.05) is 26.0 Å². The highest BCUT2D eigenvalue weighted by atomic mass is 35.5. The van der Waals surface area contributed by atoms with Crippen LogP contribution in [0.5, 0.6) is 5.75 Å². The standard InChI is InChI=1S/C14H19ClO/c1-10(2)13(15)5-3-11-4-6-14-12(9-11)7-8-16-14/h4,6,9-10,13H,3,5,7-8H2,1-2H3. The third-order valence-corrected chi connectivity index (χ3v) is 3.91. The Hall–Kier alpha value is -0.690. The Balaban J connectivity index is 1.95. The van der Waals surface area contributed by atoms with Crippen molar-refractivity contribution in [2.24, 2.45) is 5.92 Å². The molecule has 0 saturated heterocycles. The summed E-state index contributed by atoms with van der Waals surface area (Å²) in [6.45, 7) is 5.19. The zero-order valence-corrected chi connectivity index (χ0v) is 10.8. The highest BCUT2D eigenvalue weighted by Gasteiger charge is 2.13. The minimum absolute atomic E-state index is 0.282. The van der Waals surface area contributed by atoms with Crippen LogP contribution in [0.1, 0.15) is 31.4 Å². The zero-order chi connectivity index (χ0) is 11.5. The number of alkyl halides is 1. The summed E-state index contributed by atoms with van der Waals surface area (Å²) < 4.78 is 5.49. The molecule has 1 heterocycles. The van der Waals surface area contributed by atoms with Gasteiger partial charge < -0.3 is 4.74 Å². The lowest BCUT2D eigenvalue weighted by Crippen LogP contribution is -2.08. The Bertz CT molecular complexity index is 360. The molecule has 2 rings (SSSR count). The molecule has 88 valence electrons. The molecular weight excluding hydrogens is 220 g/mol. The largest absolute Gasteiger partial charge is 0.493 e. The summed E-state index contributed by atoms with van der Waals surface area (Å²) in [7, 11) is 0. The van der Waals surface area contributed by atoms with E-state index in [2.05, 4.69) is 32.0 Å². The molecule has 0 saturated carbocycles. The summed E-state index contributed by atoms with van der Waals surface area (Å²) >= 11 is 6.26. The van der Waals surface area contributed by atoms with Crippen LogP contribution in [0.3, 0.4) is 0 Å². The number of hydrogen-bond donors (Lipinski definition) is 0. The zero-order valence-electron chi connectivity index (χ0n) is 10.0. The number of ether oxygens (including phenoxy) is 1. The molecule has 0 bridgehead atoms. The van der Waals surface area contributed by atoms with Crippen molar-refractivity contribution in [2.45, 2.75) is 38.5 Å². The molecule has 0 aromatic heterocycles. The van der Waals surface area contributed by atoms with Crippen molar-refractivity contribution in [3.05, 3.63) is 29.3 Å². The van der Waals surface area contributed by atoms with E-state index in [1.54, 1.807) is 0 Å². The second-order valence-electron chi connectivity index (χ2n) is 4.84. The van der Waals surface area contributed by atoms with Gasteiger partial charge in [0.1, 0.15) is 5.75 Å². The van der Waals surface area contributed by atoms with Crippen LogP contribution in [0.2, 0.25) is 0 Å². The summed E-state index contributed by atoms with van der Waals surface area (Å²) in [5.41, 5.74) is 2.74. The molecule has 1 atom stereocenters. The normalized spacial score (nSPS) is 16.0. The SMILES string of the molecule is CC(C)C(Cl)CCc1ccc2c(c1)CCO2. The van der Waals surface area contributed by atoms with E-state index in [0.717, 1.165) is 31.6 Å². The van der Waals surface area contributed by atoms with Crippen LogP contribution in [0.4, 0.5) is 0 Å². The summed E-state index contributed by atoms with van der Waals surface area (Å²) in [6.07, 6.45) is 3.18. The van der Waals surface area contributed by atoms with Crippen molar-refractivity contribution < 1.29 is 4.74 Å². The molecule has 1 nitrogen and oxygen atoms in total. The molecule has 0 fully saturated rings. The Morgan fingerprint density at radius 3 is 2.94 bits per heavy atom. The topological polar surface area (TPSA) is 9.23 Å². The van der Waals surface area contributed by atoms with Gasteiger partial charge in [0, 0.05) is 11.8 Å². The minimum Gasteiger partial charge on any atom is -0.493 e. The molecule has 0 spiro atoms. The first-order chi connectivity index (χ1) is 7.66. The average Bonchev–Trinajstić information content (AvgIpc) is 2.72. The van der Waals surface area contributed by atoms with Crippen molar-refractivity contribution in [2.75, 3.05) is 6.61 Å². The summed E-state index contributed by atoms with van der Waals surface area (Å²) in [5.74, 6) is 1.62. The van der Waals surface area contributed by atoms with Crippen molar-refractivity contribution in [3.63, 3.8) is 0 Å². The third-order valence-electron chi connectivity index (χ3n) is 3.19. The maximum absolute atomic E-state index is 6.26. The molecule has 0 N–H and O–H groups in total. The van der Waals surface area contributed by atoms with E-state index < -0.39 is 0 Å². The Labute approximate surface area is 103 Å². The number of aryl methyl sites for hydroxylation is 1. The van der Waals surface area contributed by atoms with Gasteiger partial charge >= 0.3 is 0 Å². The molecule has 0 radical (unpaired) electrons. The number of hydrogen-bond acceptors (Lipinski definition) is 1. The Morgan fingerprint density at radius 2 is 2.19 bits per heavy atom. The number of fused-ring (bicyclic) bond motifs is 1. The van der Waals surface area contributed by atoms with Crippen LogP contribution in [0, 0.1) is 5.92 Å². The fraction of sp³-hybridized carbons (Fsp3) is 0.571. The first-order valence-corrected chi connectivity index (χ1v) is 6.49. The maximum atomic E-state index is 6.26. The van der Waals surface area contributed by atoms with E-state index in [1.807, 2.05) is 0 Å². The van der Waals surface area contributed by atoms with Crippen molar-refractivity contribution in [3.8, 4) is 5.75 Å². The molecule has 0 aliphatic carbocycles. The van der Waals surface area contributed by atoms with Gasteiger partial charge in [-0.2, -0.15) is 0 Å².